The van der Waals surface area contributed by atoms with Gasteiger partial charge in [0.15, 0.2) is 5.78 Å². The van der Waals surface area contributed by atoms with E-state index in [4.69, 9.17) is 4.74 Å². The van der Waals surface area contributed by atoms with E-state index in [1.54, 1.807) is 13.8 Å². The molecule has 2 atom stereocenters. The highest BCUT2D eigenvalue weighted by Crippen LogP contribution is 2.33. The molecule has 1 aliphatic heterocycles. The zero-order chi connectivity index (χ0) is 17.7. The van der Waals surface area contributed by atoms with Crippen LogP contribution in [0.15, 0.2) is 24.3 Å². The maximum absolute atomic E-state index is 12.8. The van der Waals surface area contributed by atoms with Crippen molar-refractivity contribution in [3.05, 3.63) is 29.8 Å². The number of hydrogen-bond donors (Lipinski definition) is 0. The molecule has 1 aromatic carbocycles. The van der Waals surface area contributed by atoms with Gasteiger partial charge in [-0.3, -0.25) is 14.4 Å². The first-order chi connectivity index (χ1) is 11.4. The predicted molar refractivity (Wildman–Crippen MR) is 95.3 cm³/mol. The number of carbonyl (C=O) groups excluding carboxylic acids is 3. The molecule has 0 fully saturated rings. The van der Waals surface area contributed by atoms with Crippen molar-refractivity contribution in [1.29, 1.82) is 0 Å². The van der Waals surface area contributed by atoms with Crippen LogP contribution in [0.25, 0.3) is 0 Å². The van der Waals surface area contributed by atoms with E-state index in [0.29, 0.717) is 0 Å². The fourth-order valence-electron chi connectivity index (χ4n) is 2.81. The molecular formula is C18H23NO4S. The third kappa shape index (κ3) is 4.38. The summed E-state index contributed by atoms with van der Waals surface area (Å²) in [6.07, 6.45) is 0.617. The highest BCUT2D eigenvalue weighted by atomic mass is 32.2. The lowest BCUT2D eigenvalue weighted by Crippen LogP contribution is -2.40. The fraction of sp³-hybridized carbons (Fsp3) is 0.500. The van der Waals surface area contributed by atoms with E-state index in [-0.39, 0.29) is 41.8 Å². The Morgan fingerprint density at radius 3 is 2.75 bits per heavy atom. The van der Waals surface area contributed by atoms with Gasteiger partial charge in [0.2, 0.25) is 5.91 Å². The van der Waals surface area contributed by atoms with Gasteiger partial charge in [-0.05, 0) is 38.8 Å². The Kier molecular flexibility index (Phi) is 6.43. The number of amides is 1. The number of esters is 1. The van der Waals surface area contributed by atoms with Crippen LogP contribution in [0.2, 0.25) is 0 Å². The first kappa shape index (κ1) is 18.5. The van der Waals surface area contributed by atoms with Crippen LogP contribution in [0, 0.1) is 0 Å². The van der Waals surface area contributed by atoms with Crippen LogP contribution in [0.1, 0.15) is 32.8 Å². The van der Waals surface area contributed by atoms with Crippen molar-refractivity contribution in [2.75, 3.05) is 17.3 Å². The van der Waals surface area contributed by atoms with E-state index in [1.807, 2.05) is 36.1 Å². The normalized spacial score (nSPS) is 17.3. The summed E-state index contributed by atoms with van der Waals surface area (Å²) in [6.45, 7) is 5.80. The van der Waals surface area contributed by atoms with E-state index >= 15 is 0 Å². The number of fused-ring (bicyclic) bond motifs is 1. The summed E-state index contributed by atoms with van der Waals surface area (Å²) in [4.78, 5) is 37.7. The van der Waals surface area contributed by atoms with Gasteiger partial charge < -0.3 is 9.64 Å². The standard InChI is InChI=1S/C18H23NO4S/c1-4-23-17(21)10-15(20)11-24-13(3)18(22)19-12(2)9-14-7-5-6-8-16(14)19/h5-8,12-13H,4,9-11H2,1-3H3/t12-,13-/m0/s1. The molecule has 0 saturated heterocycles. The fourth-order valence-corrected chi connectivity index (χ4v) is 3.60. The largest absolute Gasteiger partial charge is 0.466 e. The molecule has 1 aromatic rings. The Morgan fingerprint density at radius 1 is 1.33 bits per heavy atom. The summed E-state index contributed by atoms with van der Waals surface area (Å²) in [7, 11) is 0. The van der Waals surface area contributed by atoms with Gasteiger partial charge in [0.1, 0.15) is 6.42 Å². The van der Waals surface area contributed by atoms with Crippen molar-refractivity contribution in [2.45, 2.75) is 44.9 Å². The second-order valence-electron chi connectivity index (χ2n) is 5.86. The molecule has 130 valence electrons. The Balaban J connectivity index is 1.91. The number of thioether (sulfide) groups is 1. The minimum Gasteiger partial charge on any atom is -0.466 e. The number of benzene rings is 1. The molecule has 0 spiro atoms. The number of hydrogen-bond acceptors (Lipinski definition) is 5. The van der Waals surface area contributed by atoms with Crippen LogP contribution in [0.5, 0.6) is 0 Å². The maximum Gasteiger partial charge on any atom is 0.313 e. The number of para-hydroxylation sites is 1. The summed E-state index contributed by atoms with van der Waals surface area (Å²) in [5.74, 6) is -0.589. The van der Waals surface area contributed by atoms with Crippen molar-refractivity contribution < 1.29 is 19.1 Å². The molecular weight excluding hydrogens is 326 g/mol. The number of anilines is 1. The van der Waals surface area contributed by atoms with Gasteiger partial charge in [0.25, 0.3) is 0 Å². The van der Waals surface area contributed by atoms with Crippen LogP contribution in [0.3, 0.4) is 0 Å². The van der Waals surface area contributed by atoms with E-state index in [1.165, 1.54) is 17.3 Å². The van der Waals surface area contributed by atoms with Gasteiger partial charge in [0.05, 0.1) is 17.6 Å². The second kappa shape index (κ2) is 8.33. The first-order valence-corrected chi connectivity index (χ1v) is 9.18. The molecule has 0 radical (unpaired) electrons. The zero-order valence-electron chi connectivity index (χ0n) is 14.3. The van der Waals surface area contributed by atoms with E-state index in [9.17, 15) is 14.4 Å². The second-order valence-corrected chi connectivity index (χ2v) is 7.19. The summed E-state index contributed by atoms with van der Waals surface area (Å²) >= 11 is 1.27. The van der Waals surface area contributed by atoms with Gasteiger partial charge in [0, 0.05) is 11.7 Å². The van der Waals surface area contributed by atoms with Crippen LogP contribution < -0.4 is 4.90 Å². The molecule has 0 aromatic heterocycles. The maximum atomic E-state index is 12.8. The summed E-state index contributed by atoms with van der Waals surface area (Å²) in [5, 5.41) is -0.343. The zero-order valence-corrected chi connectivity index (χ0v) is 15.1. The van der Waals surface area contributed by atoms with Crippen molar-refractivity contribution in [3.63, 3.8) is 0 Å². The molecule has 5 nitrogen and oxygen atoms in total. The first-order valence-electron chi connectivity index (χ1n) is 8.14. The summed E-state index contributed by atoms with van der Waals surface area (Å²) in [6, 6.07) is 8.02. The van der Waals surface area contributed by atoms with E-state index < -0.39 is 5.97 Å². The molecule has 0 aliphatic carbocycles. The minimum atomic E-state index is -0.510. The molecule has 0 bridgehead atoms. The minimum absolute atomic E-state index is 0.00128. The Labute approximate surface area is 146 Å². The molecule has 24 heavy (non-hydrogen) atoms. The van der Waals surface area contributed by atoms with Crippen LogP contribution in [-0.4, -0.2) is 41.3 Å². The Hall–Kier alpha value is -1.82. The highest BCUT2D eigenvalue weighted by Gasteiger charge is 2.33. The average Bonchev–Trinajstić information content (AvgIpc) is 2.87. The summed E-state index contributed by atoms with van der Waals surface area (Å²) in [5.41, 5.74) is 2.13. The quantitative estimate of drug-likeness (QED) is 0.559. The molecule has 0 saturated carbocycles. The SMILES string of the molecule is CCOC(=O)CC(=O)CS[C@@H](C)C(=O)N1c2ccccc2C[C@@H]1C. The molecule has 0 N–H and O–H groups in total. The molecule has 2 rings (SSSR count). The number of Topliss-reactive ketones (excluding diaryl/α,β-unsaturated/α-hetero) is 1. The van der Waals surface area contributed by atoms with Gasteiger partial charge in [-0.2, -0.15) is 0 Å². The Morgan fingerprint density at radius 2 is 2.04 bits per heavy atom. The molecule has 1 aliphatic rings. The lowest BCUT2D eigenvalue weighted by atomic mass is 10.1. The van der Waals surface area contributed by atoms with Crippen molar-refractivity contribution >= 4 is 35.1 Å². The van der Waals surface area contributed by atoms with Crippen LogP contribution in [-0.2, 0) is 25.5 Å². The third-order valence-corrected chi connectivity index (χ3v) is 5.12. The smallest absolute Gasteiger partial charge is 0.313 e. The van der Waals surface area contributed by atoms with Crippen molar-refractivity contribution in [1.82, 2.24) is 0 Å². The molecule has 6 heteroatoms. The van der Waals surface area contributed by atoms with Gasteiger partial charge >= 0.3 is 5.97 Å². The molecule has 1 amide bonds. The Bertz CT molecular complexity index is 631. The molecule has 1 heterocycles. The molecule has 0 unspecified atom stereocenters. The van der Waals surface area contributed by atoms with Crippen molar-refractivity contribution in [3.8, 4) is 0 Å². The van der Waals surface area contributed by atoms with Crippen molar-refractivity contribution in [2.24, 2.45) is 0 Å². The number of carbonyl (C=O) groups is 3. The van der Waals surface area contributed by atoms with E-state index in [2.05, 4.69) is 0 Å². The lowest BCUT2D eigenvalue weighted by Gasteiger charge is -2.25. The number of ether oxygens (including phenoxy) is 1. The number of nitrogens with zero attached hydrogens (tertiary/aromatic N) is 1. The van der Waals surface area contributed by atoms with Crippen LogP contribution >= 0.6 is 11.8 Å². The number of ketones is 1. The number of rotatable bonds is 7. The van der Waals surface area contributed by atoms with Gasteiger partial charge in [-0.15, -0.1) is 11.8 Å². The summed E-state index contributed by atoms with van der Waals surface area (Å²) < 4.78 is 4.76. The van der Waals surface area contributed by atoms with Gasteiger partial charge in [-0.1, -0.05) is 18.2 Å². The third-order valence-electron chi connectivity index (χ3n) is 3.93. The van der Waals surface area contributed by atoms with Gasteiger partial charge in [-0.25, -0.2) is 0 Å². The predicted octanol–water partition coefficient (Wildman–Crippen LogP) is 2.61. The highest BCUT2D eigenvalue weighted by molar-refractivity contribution is 8.01. The monoisotopic (exact) mass is 349 g/mol. The van der Waals surface area contributed by atoms with E-state index in [0.717, 1.165) is 12.1 Å². The average molecular weight is 349 g/mol. The lowest BCUT2D eigenvalue weighted by molar-refractivity contribution is -0.145. The topological polar surface area (TPSA) is 63.7 Å². The van der Waals surface area contributed by atoms with Crippen LogP contribution in [0.4, 0.5) is 5.69 Å².